The van der Waals surface area contributed by atoms with E-state index in [2.05, 4.69) is 10.4 Å². The second-order valence-electron chi connectivity index (χ2n) is 7.48. The molecule has 0 saturated carbocycles. The number of methoxy groups -OCH3 is 1. The molecule has 0 aliphatic rings. The summed E-state index contributed by atoms with van der Waals surface area (Å²) in [4.78, 5) is 12.7. The van der Waals surface area contributed by atoms with Gasteiger partial charge in [0.15, 0.2) is 5.76 Å². The highest BCUT2D eigenvalue weighted by atomic mass is 19.1. The number of amides is 1. The van der Waals surface area contributed by atoms with E-state index in [4.69, 9.17) is 13.9 Å². The van der Waals surface area contributed by atoms with Crippen LogP contribution in [0.25, 0.3) is 0 Å². The molecule has 7 nitrogen and oxygen atoms in total. The molecule has 0 bridgehead atoms. The number of carbonyl (C=O) groups excluding carboxylic acids is 1. The molecule has 0 atom stereocenters. The van der Waals surface area contributed by atoms with Crippen LogP contribution in [0.3, 0.4) is 0 Å². The lowest BCUT2D eigenvalue weighted by molar-refractivity contribution is 0.0992. The summed E-state index contributed by atoms with van der Waals surface area (Å²) in [6, 6.07) is 17.0. The smallest absolute Gasteiger partial charge is 0.291 e. The van der Waals surface area contributed by atoms with Crippen molar-refractivity contribution < 1.29 is 23.1 Å². The molecule has 2 aromatic heterocycles. The van der Waals surface area contributed by atoms with Gasteiger partial charge in [-0.2, -0.15) is 5.10 Å². The number of anilines is 1. The lowest BCUT2D eigenvalue weighted by atomic mass is 10.2. The molecule has 0 spiro atoms. The number of carbonyl (C=O) groups is 1. The van der Waals surface area contributed by atoms with Crippen molar-refractivity contribution in [1.82, 2.24) is 9.78 Å². The van der Waals surface area contributed by atoms with Crippen molar-refractivity contribution in [3.8, 4) is 11.5 Å². The van der Waals surface area contributed by atoms with Crippen molar-refractivity contribution in [3.05, 3.63) is 95.0 Å². The molecular weight excluding hydrogens is 425 g/mol. The summed E-state index contributed by atoms with van der Waals surface area (Å²) in [5.74, 6) is 1.37. The Balaban J connectivity index is 1.41. The summed E-state index contributed by atoms with van der Waals surface area (Å²) in [7, 11) is 1.60. The Morgan fingerprint density at radius 2 is 1.79 bits per heavy atom. The predicted molar refractivity (Wildman–Crippen MR) is 121 cm³/mol. The third kappa shape index (κ3) is 5.06. The lowest BCUT2D eigenvalue weighted by Crippen LogP contribution is -2.12. The molecule has 0 radical (unpaired) electrons. The van der Waals surface area contributed by atoms with E-state index < -0.39 is 5.91 Å². The van der Waals surface area contributed by atoms with Crippen molar-refractivity contribution in [3.63, 3.8) is 0 Å². The molecule has 1 amide bonds. The van der Waals surface area contributed by atoms with Crippen LogP contribution >= 0.6 is 0 Å². The molecule has 0 saturated heterocycles. The maximum absolute atomic E-state index is 14.0. The first kappa shape index (κ1) is 22.1. The number of benzene rings is 2. The molecule has 4 aromatic rings. The average Bonchev–Trinajstić information content (AvgIpc) is 3.40. The van der Waals surface area contributed by atoms with Gasteiger partial charge in [0, 0.05) is 5.56 Å². The monoisotopic (exact) mass is 449 g/mol. The van der Waals surface area contributed by atoms with E-state index >= 15 is 0 Å². The summed E-state index contributed by atoms with van der Waals surface area (Å²) in [6.07, 6.45) is 0. The average molecular weight is 449 g/mol. The molecule has 2 aromatic carbocycles. The number of ether oxygens (including phenoxy) is 2. The molecule has 33 heavy (non-hydrogen) atoms. The molecule has 4 rings (SSSR count). The van der Waals surface area contributed by atoms with Crippen molar-refractivity contribution in [2.24, 2.45) is 0 Å². The highest BCUT2D eigenvalue weighted by Gasteiger charge is 2.18. The van der Waals surface area contributed by atoms with Gasteiger partial charge < -0.3 is 19.2 Å². The van der Waals surface area contributed by atoms with E-state index in [0.29, 0.717) is 28.5 Å². The fraction of sp³-hybridized carbons (Fsp3) is 0.200. The maximum atomic E-state index is 14.0. The van der Waals surface area contributed by atoms with Gasteiger partial charge in [-0.3, -0.25) is 9.48 Å². The van der Waals surface area contributed by atoms with Gasteiger partial charge in [0.05, 0.1) is 30.7 Å². The number of halogens is 1. The van der Waals surface area contributed by atoms with Gasteiger partial charge in [-0.15, -0.1) is 0 Å². The van der Waals surface area contributed by atoms with Gasteiger partial charge in [0.2, 0.25) is 0 Å². The zero-order valence-corrected chi connectivity index (χ0v) is 18.6. The van der Waals surface area contributed by atoms with E-state index in [1.54, 1.807) is 73.3 Å². The molecule has 170 valence electrons. The van der Waals surface area contributed by atoms with Crippen molar-refractivity contribution in [1.29, 1.82) is 0 Å². The predicted octanol–water partition coefficient (Wildman–Crippen LogP) is 5.12. The molecule has 0 aliphatic carbocycles. The molecular formula is C25H24FN3O4. The normalized spacial score (nSPS) is 10.8. The van der Waals surface area contributed by atoms with E-state index in [0.717, 1.165) is 11.4 Å². The number of aromatic nitrogens is 2. The first-order valence-corrected chi connectivity index (χ1v) is 10.4. The molecule has 0 fully saturated rings. The van der Waals surface area contributed by atoms with E-state index in [-0.39, 0.29) is 24.7 Å². The Bertz CT molecular complexity index is 1260. The van der Waals surface area contributed by atoms with E-state index in [1.807, 2.05) is 6.92 Å². The number of nitrogens with zero attached hydrogens (tertiary/aromatic N) is 2. The molecule has 8 heteroatoms. The fourth-order valence-corrected chi connectivity index (χ4v) is 3.40. The number of hydrogen-bond donors (Lipinski definition) is 1. The van der Waals surface area contributed by atoms with Crippen molar-refractivity contribution in [2.75, 3.05) is 12.4 Å². The van der Waals surface area contributed by atoms with Gasteiger partial charge in [0.25, 0.3) is 5.91 Å². The minimum atomic E-state index is -0.401. The zero-order valence-electron chi connectivity index (χ0n) is 18.6. The number of aryl methyl sites for hydroxylation is 1. The van der Waals surface area contributed by atoms with Crippen LogP contribution in [-0.2, 0) is 13.2 Å². The first-order chi connectivity index (χ1) is 15.9. The van der Waals surface area contributed by atoms with Crippen LogP contribution in [0.2, 0.25) is 0 Å². The third-order valence-corrected chi connectivity index (χ3v) is 5.22. The Kier molecular flexibility index (Phi) is 6.44. The molecule has 1 N–H and O–H groups in total. The number of furan rings is 1. The summed E-state index contributed by atoms with van der Waals surface area (Å²) < 4.78 is 32.1. The van der Waals surface area contributed by atoms with Crippen LogP contribution in [0.15, 0.2) is 65.1 Å². The van der Waals surface area contributed by atoms with Crippen molar-refractivity contribution >= 4 is 11.6 Å². The Morgan fingerprint density at radius 3 is 2.52 bits per heavy atom. The SMILES string of the molecule is COc1ccc(OCc2ccc(C(=O)Nc3c(C)nn(Cc4ccccc4F)c3C)o2)cc1. The highest BCUT2D eigenvalue weighted by molar-refractivity contribution is 6.02. The van der Waals surface area contributed by atoms with Gasteiger partial charge in [-0.05, 0) is 56.3 Å². The van der Waals surface area contributed by atoms with Crippen LogP contribution in [0, 0.1) is 19.7 Å². The third-order valence-electron chi connectivity index (χ3n) is 5.22. The summed E-state index contributed by atoms with van der Waals surface area (Å²) in [6.45, 7) is 4.06. The van der Waals surface area contributed by atoms with Gasteiger partial charge in [-0.1, -0.05) is 18.2 Å². The largest absolute Gasteiger partial charge is 0.497 e. The Hall–Kier alpha value is -4.07. The maximum Gasteiger partial charge on any atom is 0.291 e. The van der Waals surface area contributed by atoms with Crippen LogP contribution in [0.5, 0.6) is 11.5 Å². The second kappa shape index (κ2) is 9.60. The number of nitrogens with one attached hydrogen (secondary N) is 1. The first-order valence-electron chi connectivity index (χ1n) is 10.4. The van der Waals surface area contributed by atoms with Crippen LogP contribution < -0.4 is 14.8 Å². The number of hydrogen-bond acceptors (Lipinski definition) is 5. The standard InChI is InChI=1S/C25H24FN3O4/c1-16-24(17(2)29(28-16)14-18-6-4-5-7-22(18)26)27-25(30)23-13-12-21(33-23)15-32-20-10-8-19(31-3)9-11-20/h4-13H,14-15H2,1-3H3,(H,27,30). The molecule has 2 heterocycles. The van der Waals surface area contributed by atoms with E-state index in [9.17, 15) is 9.18 Å². The van der Waals surface area contributed by atoms with Gasteiger partial charge in [0.1, 0.15) is 29.7 Å². The second-order valence-corrected chi connectivity index (χ2v) is 7.48. The number of rotatable bonds is 8. The van der Waals surface area contributed by atoms with E-state index in [1.165, 1.54) is 6.07 Å². The molecule has 0 aliphatic heterocycles. The van der Waals surface area contributed by atoms with Crippen LogP contribution in [0.1, 0.15) is 33.3 Å². The highest BCUT2D eigenvalue weighted by Crippen LogP contribution is 2.23. The topological polar surface area (TPSA) is 78.5 Å². The van der Waals surface area contributed by atoms with Crippen LogP contribution in [-0.4, -0.2) is 22.8 Å². The minimum absolute atomic E-state index is 0.156. The molecule has 0 unspecified atom stereocenters. The summed E-state index contributed by atoms with van der Waals surface area (Å²) in [5.41, 5.74) is 2.45. The summed E-state index contributed by atoms with van der Waals surface area (Å²) in [5, 5.41) is 7.30. The lowest BCUT2D eigenvalue weighted by Gasteiger charge is -2.07. The Labute approximate surface area is 190 Å². The quantitative estimate of drug-likeness (QED) is 0.404. The van der Waals surface area contributed by atoms with Gasteiger partial charge >= 0.3 is 0 Å². The van der Waals surface area contributed by atoms with Gasteiger partial charge in [-0.25, -0.2) is 4.39 Å². The zero-order chi connectivity index (χ0) is 23.4. The van der Waals surface area contributed by atoms with Crippen LogP contribution in [0.4, 0.5) is 10.1 Å². The van der Waals surface area contributed by atoms with Crippen molar-refractivity contribution in [2.45, 2.75) is 27.0 Å². The Morgan fingerprint density at radius 1 is 1.06 bits per heavy atom. The summed E-state index contributed by atoms with van der Waals surface area (Å²) >= 11 is 0. The minimum Gasteiger partial charge on any atom is -0.497 e. The fourth-order valence-electron chi connectivity index (χ4n) is 3.40.